The number of rotatable bonds is 9. The molecule has 0 unspecified atom stereocenters. The fraction of sp³-hybridized carbons (Fsp3) is 0.345. The van der Waals surface area contributed by atoms with Crippen molar-refractivity contribution in [2.45, 2.75) is 26.1 Å². The third-order valence-corrected chi connectivity index (χ3v) is 6.51. The van der Waals surface area contributed by atoms with E-state index in [4.69, 9.17) is 4.74 Å². The first-order chi connectivity index (χ1) is 16.5. The number of carbonyl (C=O) groups is 1. The lowest BCUT2D eigenvalue weighted by Gasteiger charge is -2.37. The second kappa shape index (κ2) is 11.4. The molecule has 1 heterocycles. The minimum absolute atomic E-state index is 0.0875. The van der Waals surface area contributed by atoms with Gasteiger partial charge in [-0.1, -0.05) is 54.6 Å². The average Bonchev–Trinajstić information content (AvgIpc) is 2.86. The number of β-amino-alcohol motifs (C(OH)–C–C–N with tert-alkyl or cyclic N) is 1. The van der Waals surface area contributed by atoms with Gasteiger partial charge in [0, 0.05) is 44.0 Å². The summed E-state index contributed by atoms with van der Waals surface area (Å²) in [6, 6.07) is 26.3. The van der Waals surface area contributed by atoms with E-state index in [1.54, 1.807) is 6.92 Å². The van der Waals surface area contributed by atoms with E-state index in [0.29, 0.717) is 6.54 Å². The number of aliphatic hydroxyl groups excluding tert-OH is 1. The van der Waals surface area contributed by atoms with Crippen LogP contribution in [-0.4, -0.2) is 61.2 Å². The molecule has 1 aliphatic heterocycles. The molecule has 0 amide bonds. The molecule has 0 radical (unpaired) electrons. The molecule has 0 bridgehead atoms. The van der Waals surface area contributed by atoms with Gasteiger partial charge in [0.1, 0.15) is 6.10 Å². The van der Waals surface area contributed by atoms with Gasteiger partial charge < -0.3 is 14.7 Å². The maximum atomic E-state index is 11.5. The summed E-state index contributed by atoms with van der Waals surface area (Å²) < 4.78 is 6.30. The van der Waals surface area contributed by atoms with E-state index >= 15 is 0 Å². The summed E-state index contributed by atoms with van der Waals surface area (Å²) >= 11 is 0. The summed E-state index contributed by atoms with van der Waals surface area (Å²) in [5.74, 6) is 0.0875. The third kappa shape index (κ3) is 6.11. The number of Topliss-reactive ketones (excluding diaryl/α,β-unsaturated/α-hetero) is 1. The van der Waals surface area contributed by atoms with E-state index in [1.807, 2.05) is 54.6 Å². The van der Waals surface area contributed by atoms with E-state index in [1.165, 1.54) is 5.56 Å². The fourth-order valence-corrected chi connectivity index (χ4v) is 4.53. The number of anilines is 1. The highest BCUT2D eigenvalue weighted by atomic mass is 16.5. The van der Waals surface area contributed by atoms with Crippen LogP contribution in [0, 0.1) is 6.92 Å². The SMILES string of the molecule is CC(=O)c1ccc(N2CCN(C[C@@H](O)CO[C@@H](c3ccccc3)c3ccccc3C)CC2)cc1. The number of aliphatic hydroxyl groups is 1. The normalized spacial score (nSPS) is 16.3. The largest absolute Gasteiger partial charge is 0.389 e. The Morgan fingerprint density at radius 2 is 1.56 bits per heavy atom. The monoisotopic (exact) mass is 458 g/mol. The molecule has 34 heavy (non-hydrogen) atoms. The Bertz CT molecular complexity index is 1060. The van der Waals surface area contributed by atoms with Crippen molar-refractivity contribution in [3.05, 3.63) is 101 Å². The first-order valence-corrected chi connectivity index (χ1v) is 12.0. The fourth-order valence-electron chi connectivity index (χ4n) is 4.53. The molecule has 5 heteroatoms. The first-order valence-electron chi connectivity index (χ1n) is 12.0. The van der Waals surface area contributed by atoms with Crippen molar-refractivity contribution in [1.82, 2.24) is 4.90 Å². The van der Waals surface area contributed by atoms with E-state index in [2.05, 4.69) is 41.0 Å². The average molecular weight is 459 g/mol. The zero-order valence-corrected chi connectivity index (χ0v) is 20.1. The van der Waals surface area contributed by atoms with Crippen LogP contribution >= 0.6 is 0 Å². The van der Waals surface area contributed by atoms with Crippen molar-refractivity contribution in [3.8, 4) is 0 Å². The Kier molecular flexibility index (Phi) is 8.12. The van der Waals surface area contributed by atoms with Crippen molar-refractivity contribution < 1.29 is 14.6 Å². The molecule has 1 aliphatic rings. The third-order valence-electron chi connectivity index (χ3n) is 6.51. The van der Waals surface area contributed by atoms with Gasteiger partial charge in [0.2, 0.25) is 0 Å². The van der Waals surface area contributed by atoms with Gasteiger partial charge in [0.05, 0.1) is 12.7 Å². The molecule has 1 fully saturated rings. The highest BCUT2D eigenvalue weighted by molar-refractivity contribution is 5.94. The van der Waals surface area contributed by atoms with Crippen LogP contribution < -0.4 is 4.90 Å². The van der Waals surface area contributed by atoms with Gasteiger partial charge in [-0.25, -0.2) is 0 Å². The van der Waals surface area contributed by atoms with Gasteiger partial charge >= 0.3 is 0 Å². The number of carbonyl (C=O) groups excluding carboxylic acids is 1. The van der Waals surface area contributed by atoms with E-state index < -0.39 is 6.10 Å². The number of aryl methyl sites for hydroxylation is 1. The predicted octanol–water partition coefficient (Wildman–Crippen LogP) is 4.49. The molecule has 0 aliphatic carbocycles. The molecule has 0 saturated carbocycles. The molecule has 1 saturated heterocycles. The minimum Gasteiger partial charge on any atom is -0.389 e. The molecule has 3 aromatic rings. The van der Waals surface area contributed by atoms with Gasteiger partial charge in [0.25, 0.3) is 0 Å². The summed E-state index contributed by atoms with van der Waals surface area (Å²) in [7, 11) is 0. The van der Waals surface area contributed by atoms with Crippen LogP contribution in [0.15, 0.2) is 78.9 Å². The van der Waals surface area contributed by atoms with Crippen LogP contribution in [0.3, 0.4) is 0 Å². The summed E-state index contributed by atoms with van der Waals surface area (Å²) in [4.78, 5) is 16.1. The highest BCUT2D eigenvalue weighted by Crippen LogP contribution is 2.28. The van der Waals surface area contributed by atoms with Crippen molar-refractivity contribution >= 4 is 11.5 Å². The Hall–Kier alpha value is -2.99. The summed E-state index contributed by atoms with van der Waals surface area (Å²) in [6.45, 7) is 8.10. The number of nitrogens with zero attached hydrogens (tertiary/aromatic N) is 2. The Morgan fingerprint density at radius 1 is 0.912 bits per heavy atom. The summed E-state index contributed by atoms with van der Waals surface area (Å²) in [5, 5.41) is 10.8. The number of hydrogen-bond donors (Lipinski definition) is 1. The number of piperazine rings is 1. The van der Waals surface area contributed by atoms with E-state index in [9.17, 15) is 9.90 Å². The van der Waals surface area contributed by atoms with Gasteiger partial charge in [-0.2, -0.15) is 0 Å². The zero-order valence-electron chi connectivity index (χ0n) is 20.1. The van der Waals surface area contributed by atoms with E-state index in [-0.39, 0.29) is 18.5 Å². The van der Waals surface area contributed by atoms with Crippen molar-refractivity contribution in [2.75, 3.05) is 44.2 Å². The second-order valence-corrected chi connectivity index (χ2v) is 9.03. The first kappa shape index (κ1) is 24.1. The minimum atomic E-state index is -0.559. The summed E-state index contributed by atoms with van der Waals surface area (Å²) in [6.07, 6.45) is -0.761. The second-order valence-electron chi connectivity index (χ2n) is 9.03. The lowest BCUT2D eigenvalue weighted by molar-refractivity contribution is -0.00911. The highest BCUT2D eigenvalue weighted by Gasteiger charge is 2.22. The molecule has 178 valence electrons. The molecule has 0 spiro atoms. The summed E-state index contributed by atoms with van der Waals surface area (Å²) in [5.41, 5.74) is 5.28. The molecule has 2 atom stereocenters. The van der Waals surface area contributed by atoms with Crippen molar-refractivity contribution in [1.29, 1.82) is 0 Å². The predicted molar refractivity (Wildman–Crippen MR) is 137 cm³/mol. The zero-order chi connectivity index (χ0) is 23.9. The van der Waals surface area contributed by atoms with Crippen LogP contribution in [0.5, 0.6) is 0 Å². The quantitative estimate of drug-likeness (QED) is 0.479. The molecule has 0 aromatic heterocycles. The Labute approximate surface area is 202 Å². The Morgan fingerprint density at radius 3 is 2.21 bits per heavy atom. The maximum absolute atomic E-state index is 11.5. The molecular formula is C29H34N2O3. The van der Waals surface area contributed by atoms with Gasteiger partial charge in [0.15, 0.2) is 5.78 Å². The van der Waals surface area contributed by atoms with Crippen LogP contribution in [0.1, 0.15) is 40.1 Å². The number of benzene rings is 3. The smallest absolute Gasteiger partial charge is 0.159 e. The van der Waals surface area contributed by atoms with Crippen molar-refractivity contribution in [2.24, 2.45) is 0 Å². The molecule has 1 N–H and O–H groups in total. The number of ketones is 1. The molecular weight excluding hydrogens is 424 g/mol. The van der Waals surface area contributed by atoms with Crippen LogP contribution in [0.2, 0.25) is 0 Å². The number of ether oxygens (including phenoxy) is 1. The van der Waals surface area contributed by atoms with Crippen LogP contribution in [0.4, 0.5) is 5.69 Å². The lowest BCUT2D eigenvalue weighted by atomic mass is 9.97. The molecule has 5 nitrogen and oxygen atoms in total. The van der Waals surface area contributed by atoms with Gasteiger partial charge in [-0.15, -0.1) is 0 Å². The standard InChI is InChI=1S/C29H34N2O3/c1-22-8-6-7-11-28(22)29(25-9-4-3-5-10-25)34-21-27(33)20-30-16-18-31(19-17-30)26-14-12-24(13-15-26)23(2)32/h3-15,27,29,33H,16-21H2,1-2H3/t27-,29+/m1/s1. The van der Waals surface area contributed by atoms with Crippen LogP contribution in [0.25, 0.3) is 0 Å². The Balaban J connectivity index is 1.30. The van der Waals surface area contributed by atoms with E-state index in [0.717, 1.165) is 48.6 Å². The lowest BCUT2D eigenvalue weighted by Crippen LogP contribution is -2.49. The van der Waals surface area contributed by atoms with Gasteiger partial charge in [-0.3, -0.25) is 9.69 Å². The van der Waals surface area contributed by atoms with Crippen molar-refractivity contribution in [3.63, 3.8) is 0 Å². The van der Waals surface area contributed by atoms with Gasteiger partial charge in [-0.05, 0) is 54.8 Å². The topological polar surface area (TPSA) is 53.0 Å². The van der Waals surface area contributed by atoms with Crippen LogP contribution in [-0.2, 0) is 4.74 Å². The maximum Gasteiger partial charge on any atom is 0.159 e. The molecule has 3 aromatic carbocycles. The number of hydrogen-bond acceptors (Lipinski definition) is 5. The molecule has 4 rings (SSSR count).